The lowest BCUT2D eigenvalue weighted by Crippen LogP contribution is -2.09. The van der Waals surface area contributed by atoms with Crippen molar-refractivity contribution in [2.24, 2.45) is 5.73 Å². The van der Waals surface area contributed by atoms with Gasteiger partial charge in [-0.15, -0.1) is 21.8 Å². The number of benzene rings is 1. The molecular weight excluding hydrogens is 256 g/mol. The zero-order chi connectivity index (χ0) is 13.1. The third-order valence-electron chi connectivity index (χ3n) is 2.45. The lowest BCUT2D eigenvalue weighted by atomic mass is 10.2. The van der Waals surface area contributed by atoms with E-state index in [9.17, 15) is 4.79 Å². The van der Waals surface area contributed by atoms with Gasteiger partial charge in [0.05, 0.1) is 18.0 Å². The highest BCUT2D eigenvalue weighted by Gasteiger charge is 2.13. The van der Waals surface area contributed by atoms with Crippen LogP contribution in [0.5, 0.6) is 0 Å². The normalized spacial score (nSPS) is 10.6. The molecule has 0 spiro atoms. The predicted molar refractivity (Wildman–Crippen MR) is 65.8 cm³/mol. The van der Waals surface area contributed by atoms with Crippen LogP contribution in [0.15, 0.2) is 24.3 Å². The number of rotatable bonds is 4. The summed E-state index contributed by atoms with van der Waals surface area (Å²) in [5, 5.41) is 16.8. The molecule has 0 unspecified atom stereocenters. The molecule has 2 rings (SSSR count). The van der Waals surface area contributed by atoms with Crippen LogP contribution in [0.2, 0.25) is 0 Å². The number of aromatic nitrogens is 3. The van der Waals surface area contributed by atoms with Gasteiger partial charge in [-0.1, -0.05) is 6.07 Å². The fourth-order valence-corrected chi connectivity index (χ4v) is 1.82. The van der Waals surface area contributed by atoms with E-state index >= 15 is 0 Å². The minimum atomic E-state index is -0.994. The average Bonchev–Trinajstić information content (AvgIpc) is 2.81. The van der Waals surface area contributed by atoms with Crippen molar-refractivity contribution in [2.45, 2.75) is 12.4 Å². The Bertz CT molecular complexity index is 561. The van der Waals surface area contributed by atoms with Crippen LogP contribution < -0.4 is 5.73 Å². The van der Waals surface area contributed by atoms with E-state index in [2.05, 4.69) is 10.2 Å². The third kappa shape index (κ3) is 2.20. The Morgan fingerprint density at radius 3 is 2.72 bits per heavy atom. The van der Waals surface area contributed by atoms with Crippen LogP contribution in [0.4, 0.5) is 0 Å². The van der Waals surface area contributed by atoms with Crippen molar-refractivity contribution >= 4 is 17.6 Å². The van der Waals surface area contributed by atoms with Crippen molar-refractivity contribution in [1.82, 2.24) is 14.8 Å². The maximum absolute atomic E-state index is 10.9. The van der Waals surface area contributed by atoms with Gasteiger partial charge in [0.25, 0.3) is 0 Å². The standard InChI is InChI=1S/C11H11ClN4O2/c12-5-9-14-15-10(6-13)16(9)8-3-1-2-7(4-8)11(17)18/h1-4H,5-6,13H2,(H,17,18). The number of aromatic carboxylic acids is 1. The fourth-order valence-electron chi connectivity index (χ4n) is 1.65. The van der Waals surface area contributed by atoms with E-state index in [0.29, 0.717) is 17.3 Å². The second kappa shape index (κ2) is 5.16. The van der Waals surface area contributed by atoms with Gasteiger partial charge >= 0.3 is 5.97 Å². The largest absolute Gasteiger partial charge is 0.478 e. The molecule has 1 aromatic carbocycles. The van der Waals surface area contributed by atoms with E-state index in [1.54, 1.807) is 16.7 Å². The molecule has 0 aliphatic heterocycles. The number of carboxylic acids is 1. The van der Waals surface area contributed by atoms with Crippen molar-refractivity contribution in [1.29, 1.82) is 0 Å². The van der Waals surface area contributed by atoms with Gasteiger partial charge in [-0.25, -0.2) is 4.79 Å². The number of halogens is 1. The predicted octanol–water partition coefficient (Wildman–Crippen LogP) is 1.16. The van der Waals surface area contributed by atoms with Gasteiger partial charge in [0.2, 0.25) is 0 Å². The SMILES string of the molecule is NCc1nnc(CCl)n1-c1cccc(C(=O)O)c1. The zero-order valence-electron chi connectivity index (χ0n) is 9.38. The third-order valence-corrected chi connectivity index (χ3v) is 2.69. The Hall–Kier alpha value is -1.92. The van der Waals surface area contributed by atoms with E-state index in [4.69, 9.17) is 22.4 Å². The van der Waals surface area contributed by atoms with Crippen LogP contribution in [0.25, 0.3) is 5.69 Å². The summed E-state index contributed by atoms with van der Waals surface area (Å²) in [6.45, 7) is 0.196. The number of nitrogens with two attached hydrogens (primary N) is 1. The molecule has 0 amide bonds. The highest BCUT2D eigenvalue weighted by atomic mass is 35.5. The Balaban J connectivity index is 2.57. The zero-order valence-corrected chi connectivity index (χ0v) is 10.1. The van der Waals surface area contributed by atoms with Crippen molar-refractivity contribution in [3.63, 3.8) is 0 Å². The van der Waals surface area contributed by atoms with E-state index in [1.807, 2.05) is 0 Å². The quantitative estimate of drug-likeness (QED) is 0.810. The molecule has 0 radical (unpaired) electrons. The smallest absolute Gasteiger partial charge is 0.335 e. The first kappa shape index (κ1) is 12.5. The van der Waals surface area contributed by atoms with Gasteiger partial charge in [-0.3, -0.25) is 4.57 Å². The second-order valence-corrected chi connectivity index (χ2v) is 3.83. The first-order valence-corrected chi connectivity index (χ1v) is 5.73. The summed E-state index contributed by atoms with van der Waals surface area (Å²) in [6, 6.07) is 6.45. The molecule has 2 aromatic rings. The van der Waals surface area contributed by atoms with Gasteiger partial charge in [-0.2, -0.15) is 0 Å². The van der Waals surface area contributed by atoms with Crippen LogP contribution >= 0.6 is 11.6 Å². The maximum Gasteiger partial charge on any atom is 0.335 e. The van der Waals surface area contributed by atoms with Crippen LogP contribution in [0.1, 0.15) is 22.0 Å². The Morgan fingerprint density at radius 2 is 2.11 bits per heavy atom. The van der Waals surface area contributed by atoms with Crippen molar-refractivity contribution in [3.8, 4) is 5.69 Å². The van der Waals surface area contributed by atoms with Crippen molar-refractivity contribution in [3.05, 3.63) is 41.5 Å². The minimum Gasteiger partial charge on any atom is -0.478 e. The highest BCUT2D eigenvalue weighted by Crippen LogP contribution is 2.16. The van der Waals surface area contributed by atoms with E-state index < -0.39 is 5.97 Å². The molecule has 0 atom stereocenters. The summed E-state index contributed by atoms with van der Waals surface area (Å²) in [5.41, 5.74) is 6.39. The summed E-state index contributed by atoms with van der Waals surface area (Å²) in [6.07, 6.45) is 0. The molecule has 0 saturated heterocycles. The average molecular weight is 267 g/mol. The summed E-state index contributed by atoms with van der Waals surface area (Å²) in [5.74, 6) is 0.240. The van der Waals surface area contributed by atoms with Gasteiger partial charge in [0, 0.05) is 5.69 Å². The Kier molecular flexibility index (Phi) is 3.59. The molecule has 0 aliphatic carbocycles. The molecule has 0 fully saturated rings. The molecule has 94 valence electrons. The van der Waals surface area contributed by atoms with Gasteiger partial charge in [0.15, 0.2) is 11.6 Å². The highest BCUT2D eigenvalue weighted by molar-refractivity contribution is 6.16. The number of alkyl halides is 1. The van der Waals surface area contributed by atoms with Gasteiger partial charge in [-0.05, 0) is 18.2 Å². The molecule has 3 N–H and O–H groups in total. The van der Waals surface area contributed by atoms with E-state index in [-0.39, 0.29) is 18.0 Å². The summed E-state index contributed by atoms with van der Waals surface area (Å²) >= 11 is 5.77. The lowest BCUT2D eigenvalue weighted by molar-refractivity contribution is 0.0697. The molecule has 0 saturated carbocycles. The molecule has 1 heterocycles. The van der Waals surface area contributed by atoms with Crippen molar-refractivity contribution in [2.75, 3.05) is 0 Å². The molecule has 18 heavy (non-hydrogen) atoms. The summed E-state index contributed by atoms with van der Waals surface area (Å²) in [4.78, 5) is 10.9. The van der Waals surface area contributed by atoms with E-state index in [0.717, 1.165) is 0 Å². The first-order valence-electron chi connectivity index (χ1n) is 5.20. The molecular formula is C11H11ClN4O2. The number of carbonyl (C=O) groups is 1. The first-order chi connectivity index (χ1) is 8.67. The lowest BCUT2D eigenvalue weighted by Gasteiger charge is -2.08. The van der Waals surface area contributed by atoms with E-state index in [1.165, 1.54) is 12.1 Å². The molecule has 6 nitrogen and oxygen atoms in total. The summed E-state index contributed by atoms with van der Waals surface area (Å²) in [7, 11) is 0. The second-order valence-electron chi connectivity index (χ2n) is 3.56. The molecule has 1 aromatic heterocycles. The molecule has 0 bridgehead atoms. The van der Waals surface area contributed by atoms with Crippen molar-refractivity contribution < 1.29 is 9.90 Å². The minimum absolute atomic E-state index is 0.171. The van der Waals surface area contributed by atoms with Crippen LogP contribution in [0, 0.1) is 0 Å². The number of nitrogens with zero attached hydrogens (tertiary/aromatic N) is 3. The Labute approximate surface area is 108 Å². The number of hydrogen-bond acceptors (Lipinski definition) is 4. The van der Waals surface area contributed by atoms with Gasteiger partial charge < -0.3 is 10.8 Å². The summed E-state index contributed by atoms with van der Waals surface area (Å²) < 4.78 is 1.67. The van der Waals surface area contributed by atoms with Crippen LogP contribution in [0.3, 0.4) is 0 Å². The number of hydrogen-bond donors (Lipinski definition) is 2. The topological polar surface area (TPSA) is 94.0 Å². The maximum atomic E-state index is 10.9. The monoisotopic (exact) mass is 266 g/mol. The molecule has 7 heteroatoms. The fraction of sp³-hybridized carbons (Fsp3) is 0.182. The number of carboxylic acid groups (broad SMARTS) is 1. The molecule has 0 aliphatic rings. The Morgan fingerprint density at radius 1 is 1.39 bits per heavy atom. The van der Waals surface area contributed by atoms with Gasteiger partial charge in [0.1, 0.15) is 0 Å². The van der Waals surface area contributed by atoms with Crippen LogP contribution in [-0.2, 0) is 12.4 Å². The van der Waals surface area contributed by atoms with Crippen LogP contribution in [-0.4, -0.2) is 25.8 Å².